The number of benzene rings is 2. The lowest BCUT2D eigenvalue weighted by Crippen LogP contribution is -2.46. The van der Waals surface area contributed by atoms with E-state index >= 15 is 0 Å². The Kier molecular flexibility index (Phi) is 8.59. The van der Waals surface area contributed by atoms with Crippen molar-refractivity contribution >= 4 is 47.5 Å². The standard InChI is InChI=1S/C27H29ClF2N3O5P/c1-16(34)21-14-32(23-10-17(6-7-20(21)23)8-9-39(2,37)38)15-25(35)33-13-19(29)11-24(33)27(36)31-12-18-4-3-5-22(28)26(18)30/h3-7,10,14,19,24H,8-9,11-13,15H2,1-2H3,(H,31,36)(H,37,38)/t19-,24+/m1/s1. The molecule has 2 heterocycles. The fraction of sp³-hybridized carbons (Fsp3) is 0.370. The third-order valence-corrected chi connectivity index (χ3v) is 8.15. The molecule has 3 atom stereocenters. The predicted octanol–water partition coefficient (Wildman–Crippen LogP) is 4.33. The number of nitrogens with zero attached hydrogens (tertiary/aromatic N) is 2. The minimum atomic E-state index is -3.23. The fourth-order valence-corrected chi connectivity index (χ4v) is 5.64. The number of Topliss-reactive ketones (excluding diaryl/α,β-unsaturated/α-hetero) is 1. The molecule has 3 aromatic rings. The second-order valence-corrected chi connectivity index (χ2v) is 12.9. The molecular formula is C27H29ClF2N3O5P. The maximum Gasteiger partial charge on any atom is 0.243 e. The van der Waals surface area contributed by atoms with Gasteiger partial charge in [0, 0.05) is 54.0 Å². The third-order valence-electron chi connectivity index (χ3n) is 6.80. The zero-order chi connectivity index (χ0) is 28.5. The summed E-state index contributed by atoms with van der Waals surface area (Å²) in [6, 6.07) is 8.58. The normalized spacial score (nSPS) is 18.8. The number of alkyl halides is 1. The third kappa shape index (κ3) is 6.75. The van der Waals surface area contributed by atoms with E-state index in [0.717, 1.165) is 10.5 Å². The predicted molar refractivity (Wildman–Crippen MR) is 145 cm³/mol. The smallest absolute Gasteiger partial charge is 0.243 e. The summed E-state index contributed by atoms with van der Waals surface area (Å²) < 4.78 is 41.9. The molecule has 1 unspecified atom stereocenters. The zero-order valence-electron chi connectivity index (χ0n) is 21.5. The van der Waals surface area contributed by atoms with Crippen molar-refractivity contribution < 1.29 is 32.6 Å². The molecule has 12 heteroatoms. The SMILES string of the molecule is CC(=O)c1cn(CC(=O)N2C[C@H](F)C[C@H]2C(=O)NCc2cccc(Cl)c2F)c2cc(CCP(C)(=O)O)ccc12. The Hall–Kier alpha value is -3.07. The molecular weight excluding hydrogens is 551 g/mol. The van der Waals surface area contributed by atoms with Crippen LogP contribution in [0.1, 0.15) is 34.8 Å². The highest BCUT2D eigenvalue weighted by Gasteiger charge is 2.39. The first-order valence-electron chi connectivity index (χ1n) is 12.4. The van der Waals surface area contributed by atoms with Crippen LogP contribution in [0.15, 0.2) is 42.6 Å². The summed E-state index contributed by atoms with van der Waals surface area (Å²) >= 11 is 5.79. The van der Waals surface area contributed by atoms with Crippen molar-refractivity contribution in [1.29, 1.82) is 0 Å². The number of nitrogens with one attached hydrogen (secondary N) is 1. The van der Waals surface area contributed by atoms with E-state index in [9.17, 15) is 32.6 Å². The van der Waals surface area contributed by atoms with Gasteiger partial charge in [0.05, 0.1) is 11.6 Å². The van der Waals surface area contributed by atoms with Crippen LogP contribution in [0, 0.1) is 5.82 Å². The molecule has 4 rings (SSSR count). The maximum absolute atomic E-state index is 14.4. The minimum Gasteiger partial charge on any atom is -0.350 e. The highest BCUT2D eigenvalue weighted by molar-refractivity contribution is 7.57. The number of amides is 2. The molecule has 1 aliphatic rings. The van der Waals surface area contributed by atoms with E-state index in [1.807, 2.05) is 0 Å². The van der Waals surface area contributed by atoms with Gasteiger partial charge in [-0.3, -0.25) is 18.9 Å². The van der Waals surface area contributed by atoms with E-state index in [1.165, 1.54) is 25.7 Å². The lowest BCUT2D eigenvalue weighted by molar-refractivity contribution is -0.139. The molecule has 208 valence electrons. The highest BCUT2D eigenvalue weighted by atomic mass is 35.5. The molecule has 2 amide bonds. The molecule has 0 radical (unpaired) electrons. The van der Waals surface area contributed by atoms with Crippen LogP contribution in [-0.2, 0) is 33.7 Å². The molecule has 0 bridgehead atoms. The van der Waals surface area contributed by atoms with Crippen LogP contribution >= 0.6 is 19.0 Å². The molecule has 0 spiro atoms. The molecule has 0 aliphatic carbocycles. The molecule has 1 aliphatic heterocycles. The Labute approximate surface area is 229 Å². The molecule has 1 saturated heterocycles. The van der Waals surface area contributed by atoms with Crippen molar-refractivity contribution in [3.63, 3.8) is 0 Å². The van der Waals surface area contributed by atoms with Gasteiger partial charge in [0.1, 0.15) is 24.6 Å². The number of carbonyl (C=O) groups is 3. The number of rotatable bonds is 9. The lowest BCUT2D eigenvalue weighted by atomic mass is 10.1. The number of hydrogen-bond donors (Lipinski definition) is 2. The van der Waals surface area contributed by atoms with Crippen molar-refractivity contribution in [3.8, 4) is 0 Å². The molecule has 2 N–H and O–H groups in total. The van der Waals surface area contributed by atoms with Gasteiger partial charge >= 0.3 is 0 Å². The van der Waals surface area contributed by atoms with Crippen LogP contribution in [0.25, 0.3) is 10.9 Å². The van der Waals surface area contributed by atoms with Crippen LogP contribution in [0.2, 0.25) is 5.02 Å². The number of aromatic nitrogens is 1. The number of halogens is 3. The van der Waals surface area contributed by atoms with Gasteiger partial charge in [0.2, 0.25) is 11.8 Å². The van der Waals surface area contributed by atoms with E-state index in [2.05, 4.69) is 5.32 Å². The van der Waals surface area contributed by atoms with Gasteiger partial charge in [-0.2, -0.15) is 0 Å². The van der Waals surface area contributed by atoms with Gasteiger partial charge in [-0.25, -0.2) is 8.78 Å². The molecule has 8 nitrogen and oxygen atoms in total. The summed E-state index contributed by atoms with van der Waals surface area (Å²) in [5, 5.41) is 3.10. The first kappa shape index (κ1) is 28.9. The highest BCUT2D eigenvalue weighted by Crippen LogP contribution is 2.36. The first-order chi connectivity index (χ1) is 18.3. The van der Waals surface area contributed by atoms with E-state index < -0.39 is 37.2 Å². The lowest BCUT2D eigenvalue weighted by Gasteiger charge is -2.24. The van der Waals surface area contributed by atoms with Crippen LogP contribution in [0.3, 0.4) is 0 Å². The molecule has 2 aromatic carbocycles. The number of carbonyl (C=O) groups excluding carboxylic acids is 3. The van der Waals surface area contributed by atoms with Crippen molar-refractivity contribution in [1.82, 2.24) is 14.8 Å². The number of hydrogen-bond acceptors (Lipinski definition) is 4. The second kappa shape index (κ2) is 11.6. The second-order valence-electron chi connectivity index (χ2n) is 9.93. The van der Waals surface area contributed by atoms with E-state index in [-0.39, 0.29) is 48.6 Å². The summed E-state index contributed by atoms with van der Waals surface area (Å²) in [6.07, 6.45) is 0.366. The largest absolute Gasteiger partial charge is 0.350 e. The summed E-state index contributed by atoms with van der Waals surface area (Å²) in [5.74, 6) is -2.00. The number of fused-ring (bicyclic) bond motifs is 1. The van der Waals surface area contributed by atoms with Crippen molar-refractivity contribution in [2.24, 2.45) is 0 Å². The van der Waals surface area contributed by atoms with Gasteiger partial charge in [-0.15, -0.1) is 0 Å². The summed E-state index contributed by atoms with van der Waals surface area (Å²) in [6.45, 7) is 2.00. The first-order valence-corrected chi connectivity index (χ1v) is 15.1. The molecule has 1 aromatic heterocycles. The van der Waals surface area contributed by atoms with Crippen molar-refractivity contribution in [2.75, 3.05) is 19.4 Å². The van der Waals surface area contributed by atoms with E-state index in [4.69, 9.17) is 11.6 Å². The summed E-state index contributed by atoms with van der Waals surface area (Å²) in [5.41, 5.74) is 1.89. The van der Waals surface area contributed by atoms with Gasteiger partial charge in [0.15, 0.2) is 13.2 Å². The fourth-order valence-electron chi connectivity index (χ4n) is 4.77. The van der Waals surface area contributed by atoms with Gasteiger partial charge in [-0.05, 0) is 31.0 Å². The average molecular weight is 580 g/mol. The van der Waals surface area contributed by atoms with Crippen LogP contribution in [0.5, 0.6) is 0 Å². The van der Waals surface area contributed by atoms with Crippen molar-refractivity contribution in [2.45, 2.75) is 45.1 Å². The Balaban J connectivity index is 1.54. The number of ketones is 1. The molecule has 39 heavy (non-hydrogen) atoms. The Morgan fingerprint density at radius 1 is 1.23 bits per heavy atom. The van der Waals surface area contributed by atoms with Gasteiger partial charge < -0.3 is 19.7 Å². The Morgan fingerprint density at radius 2 is 1.97 bits per heavy atom. The topological polar surface area (TPSA) is 109 Å². The Bertz CT molecular complexity index is 1490. The van der Waals surface area contributed by atoms with Gasteiger partial charge in [-0.1, -0.05) is 35.9 Å². The van der Waals surface area contributed by atoms with Gasteiger partial charge in [0.25, 0.3) is 0 Å². The average Bonchev–Trinajstić information content (AvgIpc) is 3.43. The number of aryl methyl sites for hydroxylation is 1. The van der Waals surface area contributed by atoms with Crippen LogP contribution in [-0.4, -0.2) is 63.5 Å². The molecule has 1 fully saturated rings. The monoisotopic (exact) mass is 579 g/mol. The summed E-state index contributed by atoms with van der Waals surface area (Å²) in [4.78, 5) is 49.3. The minimum absolute atomic E-state index is 0.0826. The van der Waals surface area contributed by atoms with Crippen LogP contribution in [0.4, 0.5) is 8.78 Å². The number of likely N-dealkylation sites (tertiary alicyclic amines) is 1. The zero-order valence-corrected chi connectivity index (χ0v) is 23.1. The van der Waals surface area contributed by atoms with E-state index in [1.54, 1.807) is 35.0 Å². The Morgan fingerprint density at radius 3 is 2.67 bits per heavy atom. The van der Waals surface area contributed by atoms with Crippen LogP contribution < -0.4 is 5.32 Å². The quantitative estimate of drug-likeness (QED) is 0.290. The summed E-state index contributed by atoms with van der Waals surface area (Å²) in [7, 11) is -3.23. The van der Waals surface area contributed by atoms with E-state index in [0.29, 0.717) is 22.9 Å². The maximum atomic E-state index is 14.4. The van der Waals surface area contributed by atoms with Crippen molar-refractivity contribution in [3.05, 3.63) is 70.1 Å². The molecule has 0 saturated carbocycles.